The number of hydrogen-bond donors (Lipinski definition) is 1. The molecule has 0 radical (unpaired) electrons. The summed E-state index contributed by atoms with van der Waals surface area (Å²) in [5.41, 5.74) is 2.19. The summed E-state index contributed by atoms with van der Waals surface area (Å²) in [6.45, 7) is 4.17. The van der Waals surface area contributed by atoms with Crippen molar-refractivity contribution in [2.75, 3.05) is 20.1 Å². The molecule has 1 saturated heterocycles. The van der Waals surface area contributed by atoms with Gasteiger partial charge in [0.05, 0.1) is 0 Å². The zero-order valence-electron chi connectivity index (χ0n) is 9.42. The summed E-state index contributed by atoms with van der Waals surface area (Å²) in [5, 5.41) is 0. The first-order valence-electron chi connectivity index (χ1n) is 5.54. The summed E-state index contributed by atoms with van der Waals surface area (Å²) >= 11 is 0. The van der Waals surface area contributed by atoms with Gasteiger partial charge in [-0.1, -0.05) is 0 Å². The summed E-state index contributed by atoms with van der Waals surface area (Å²) in [4.78, 5) is 17.0. The molecule has 3 heteroatoms. The second-order valence-corrected chi connectivity index (χ2v) is 4.56. The van der Waals surface area contributed by atoms with E-state index in [0.29, 0.717) is 5.92 Å². The quantitative estimate of drug-likeness (QED) is 0.755. The number of hydrogen-bond acceptors (Lipinski definition) is 2. The minimum atomic E-state index is 0.120. The van der Waals surface area contributed by atoms with Crippen molar-refractivity contribution < 1.29 is 0 Å². The Hall–Kier alpha value is -1.09. The lowest BCUT2D eigenvalue weighted by molar-refractivity contribution is 0.248. The Morgan fingerprint density at radius 3 is 2.93 bits per heavy atom. The van der Waals surface area contributed by atoms with E-state index in [2.05, 4.69) is 16.9 Å². The van der Waals surface area contributed by atoms with E-state index in [1.807, 2.05) is 6.92 Å². The summed E-state index contributed by atoms with van der Waals surface area (Å²) in [6.07, 6.45) is 2.40. The number of nitrogens with zero attached hydrogens (tertiary/aromatic N) is 1. The number of likely N-dealkylation sites (tertiary alicyclic amines) is 1. The Kier molecular flexibility index (Phi) is 2.91. The average molecular weight is 206 g/mol. The van der Waals surface area contributed by atoms with Crippen LogP contribution in [-0.2, 0) is 0 Å². The third kappa shape index (κ3) is 2.48. The molecule has 1 aliphatic rings. The van der Waals surface area contributed by atoms with Gasteiger partial charge < -0.3 is 9.88 Å². The highest BCUT2D eigenvalue weighted by molar-refractivity contribution is 5.15. The van der Waals surface area contributed by atoms with Gasteiger partial charge in [0.2, 0.25) is 0 Å². The van der Waals surface area contributed by atoms with Crippen molar-refractivity contribution in [1.29, 1.82) is 0 Å². The number of pyridine rings is 1. The molecule has 1 aromatic heterocycles. The van der Waals surface area contributed by atoms with Crippen LogP contribution in [0.2, 0.25) is 0 Å². The molecule has 1 fully saturated rings. The van der Waals surface area contributed by atoms with Crippen LogP contribution in [0.4, 0.5) is 0 Å². The van der Waals surface area contributed by atoms with Crippen LogP contribution in [0.25, 0.3) is 0 Å². The van der Waals surface area contributed by atoms with Gasteiger partial charge in [0.25, 0.3) is 0 Å². The monoisotopic (exact) mass is 206 g/mol. The van der Waals surface area contributed by atoms with E-state index in [9.17, 15) is 4.79 Å². The van der Waals surface area contributed by atoms with Crippen molar-refractivity contribution in [2.24, 2.45) is 0 Å². The van der Waals surface area contributed by atoms with E-state index in [-0.39, 0.29) is 5.43 Å². The van der Waals surface area contributed by atoms with Crippen molar-refractivity contribution in [2.45, 2.75) is 25.7 Å². The van der Waals surface area contributed by atoms with Crippen LogP contribution in [0.5, 0.6) is 0 Å². The van der Waals surface area contributed by atoms with Gasteiger partial charge in [0, 0.05) is 36.0 Å². The Balaban J connectivity index is 2.24. The minimum Gasteiger partial charge on any atom is -0.362 e. The molecule has 1 atom stereocenters. The Labute approximate surface area is 90.1 Å². The van der Waals surface area contributed by atoms with Gasteiger partial charge in [0.15, 0.2) is 5.43 Å². The Morgan fingerprint density at radius 2 is 2.27 bits per heavy atom. The molecule has 0 aromatic carbocycles. The van der Waals surface area contributed by atoms with E-state index in [1.165, 1.54) is 19.4 Å². The molecule has 15 heavy (non-hydrogen) atoms. The highest BCUT2D eigenvalue weighted by Gasteiger charge is 2.19. The topological polar surface area (TPSA) is 36.1 Å². The molecule has 0 bridgehead atoms. The highest BCUT2D eigenvalue weighted by atomic mass is 16.1. The molecule has 0 amide bonds. The highest BCUT2D eigenvalue weighted by Crippen LogP contribution is 2.23. The smallest absolute Gasteiger partial charge is 0.182 e. The molecule has 2 heterocycles. The third-order valence-corrected chi connectivity index (χ3v) is 3.06. The number of aromatic amines is 1. The molecule has 0 unspecified atom stereocenters. The van der Waals surface area contributed by atoms with Gasteiger partial charge in [-0.15, -0.1) is 0 Å². The van der Waals surface area contributed by atoms with Crippen LogP contribution in [0.1, 0.15) is 30.1 Å². The molecule has 2 rings (SSSR count). The summed E-state index contributed by atoms with van der Waals surface area (Å²) in [5.74, 6) is 0.497. The van der Waals surface area contributed by atoms with Crippen molar-refractivity contribution in [1.82, 2.24) is 9.88 Å². The van der Waals surface area contributed by atoms with Crippen LogP contribution in [0, 0.1) is 6.92 Å². The zero-order chi connectivity index (χ0) is 10.8. The number of H-pyrrole nitrogens is 1. The summed E-state index contributed by atoms with van der Waals surface area (Å²) in [7, 11) is 2.14. The standard InChI is InChI=1S/C12H18N2O/c1-9-6-11(15)7-12(13-9)10-4-3-5-14(2)8-10/h6-7,10H,3-5,8H2,1-2H3,(H,13,15)/t10-/m1/s1. The van der Waals surface area contributed by atoms with Crippen LogP contribution in [0.3, 0.4) is 0 Å². The van der Waals surface area contributed by atoms with E-state index in [0.717, 1.165) is 17.9 Å². The van der Waals surface area contributed by atoms with E-state index >= 15 is 0 Å². The SMILES string of the molecule is Cc1cc(=O)cc([C@@H]2CCCN(C)C2)[nH]1. The molecular formula is C12H18N2O. The molecule has 1 N–H and O–H groups in total. The Morgan fingerprint density at radius 1 is 1.47 bits per heavy atom. The fourth-order valence-corrected chi connectivity index (χ4v) is 2.35. The van der Waals surface area contributed by atoms with Gasteiger partial charge in [-0.2, -0.15) is 0 Å². The van der Waals surface area contributed by atoms with Gasteiger partial charge in [-0.05, 0) is 33.4 Å². The fraction of sp³-hybridized carbons (Fsp3) is 0.583. The van der Waals surface area contributed by atoms with E-state index < -0.39 is 0 Å². The number of aryl methyl sites for hydroxylation is 1. The lowest BCUT2D eigenvalue weighted by atomic mass is 9.94. The number of piperidine rings is 1. The second-order valence-electron chi connectivity index (χ2n) is 4.56. The normalized spacial score (nSPS) is 22.9. The van der Waals surface area contributed by atoms with Crippen molar-refractivity contribution in [3.63, 3.8) is 0 Å². The van der Waals surface area contributed by atoms with Gasteiger partial charge in [-0.25, -0.2) is 0 Å². The van der Waals surface area contributed by atoms with Crippen LogP contribution in [-0.4, -0.2) is 30.0 Å². The number of aromatic nitrogens is 1. The lowest BCUT2D eigenvalue weighted by Gasteiger charge is -2.29. The van der Waals surface area contributed by atoms with Gasteiger partial charge >= 0.3 is 0 Å². The molecule has 0 spiro atoms. The van der Waals surface area contributed by atoms with Crippen LogP contribution in [0.15, 0.2) is 16.9 Å². The maximum atomic E-state index is 11.4. The van der Waals surface area contributed by atoms with E-state index in [4.69, 9.17) is 0 Å². The van der Waals surface area contributed by atoms with Gasteiger partial charge in [-0.3, -0.25) is 4.79 Å². The lowest BCUT2D eigenvalue weighted by Crippen LogP contribution is -2.31. The third-order valence-electron chi connectivity index (χ3n) is 3.06. The molecule has 82 valence electrons. The first kappa shape index (κ1) is 10.4. The molecule has 0 saturated carbocycles. The maximum Gasteiger partial charge on any atom is 0.182 e. The largest absolute Gasteiger partial charge is 0.362 e. The number of rotatable bonds is 1. The first-order valence-corrected chi connectivity index (χ1v) is 5.54. The van der Waals surface area contributed by atoms with Crippen LogP contribution < -0.4 is 5.43 Å². The number of likely N-dealkylation sites (N-methyl/N-ethyl adjacent to an activating group) is 1. The van der Waals surface area contributed by atoms with Crippen molar-refractivity contribution >= 4 is 0 Å². The predicted molar refractivity (Wildman–Crippen MR) is 61.3 cm³/mol. The predicted octanol–water partition coefficient (Wildman–Crippen LogP) is 1.49. The Bertz CT molecular complexity index is 397. The molecule has 1 aliphatic heterocycles. The molecule has 3 nitrogen and oxygen atoms in total. The van der Waals surface area contributed by atoms with Crippen molar-refractivity contribution in [3.8, 4) is 0 Å². The minimum absolute atomic E-state index is 0.120. The molecule has 1 aromatic rings. The first-order chi connectivity index (χ1) is 7.15. The summed E-state index contributed by atoms with van der Waals surface area (Å²) in [6, 6.07) is 3.40. The van der Waals surface area contributed by atoms with E-state index in [1.54, 1.807) is 12.1 Å². The zero-order valence-corrected chi connectivity index (χ0v) is 9.42. The maximum absolute atomic E-state index is 11.4. The number of nitrogens with one attached hydrogen (secondary N) is 1. The average Bonchev–Trinajstić information content (AvgIpc) is 2.16. The fourth-order valence-electron chi connectivity index (χ4n) is 2.35. The molecular weight excluding hydrogens is 188 g/mol. The summed E-state index contributed by atoms with van der Waals surface area (Å²) < 4.78 is 0. The van der Waals surface area contributed by atoms with Crippen LogP contribution >= 0.6 is 0 Å². The van der Waals surface area contributed by atoms with Gasteiger partial charge in [0.1, 0.15) is 0 Å². The second kappa shape index (κ2) is 4.19. The molecule has 0 aliphatic carbocycles. The van der Waals surface area contributed by atoms with Crippen molar-refractivity contribution in [3.05, 3.63) is 33.7 Å².